The zero-order chi connectivity index (χ0) is 19.9. The molecular formula is C16H20ClN5O4S. The Morgan fingerprint density at radius 3 is 2.74 bits per heavy atom. The van der Waals surface area contributed by atoms with Crippen molar-refractivity contribution in [3.05, 3.63) is 40.7 Å². The average molecular weight is 414 g/mol. The lowest BCUT2D eigenvalue weighted by atomic mass is 10.00. The molecule has 0 radical (unpaired) electrons. The van der Waals surface area contributed by atoms with Crippen molar-refractivity contribution in [2.45, 2.75) is 25.4 Å². The molecule has 27 heavy (non-hydrogen) atoms. The molecule has 2 heterocycles. The number of hydrogen-bond donors (Lipinski definition) is 3. The largest absolute Gasteiger partial charge is 0.506 e. The lowest BCUT2D eigenvalue weighted by Crippen LogP contribution is -2.56. The van der Waals surface area contributed by atoms with Gasteiger partial charge in [-0.15, -0.1) is 0 Å². The third-order valence-electron chi connectivity index (χ3n) is 4.51. The molecule has 2 aromatic rings. The molecule has 0 bridgehead atoms. The van der Waals surface area contributed by atoms with E-state index in [2.05, 4.69) is 15.1 Å². The van der Waals surface area contributed by atoms with Crippen molar-refractivity contribution >= 4 is 33.4 Å². The number of halogens is 1. The first-order valence-electron chi connectivity index (χ1n) is 8.13. The van der Waals surface area contributed by atoms with E-state index in [4.69, 9.17) is 11.6 Å². The van der Waals surface area contributed by atoms with Gasteiger partial charge in [-0.05, 0) is 31.5 Å². The number of hydrogen-bond acceptors (Lipinski definition) is 5. The summed E-state index contributed by atoms with van der Waals surface area (Å²) < 4.78 is 30.2. The van der Waals surface area contributed by atoms with Crippen molar-refractivity contribution in [1.82, 2.24) is 18.8 Å². The number of aryl methyl sites for hydroxylation is 2. The maximum atomic E-state index is 12.8. The molecule has 1 aliphatic rings. The summed E-state index contributed by atoms with van der Waals surface area (Å²) in [5.74, 6) is -0.724. The summed E-state index contributed by atoms with van der Waals surface area (Å²) >= 11 is 5.90. The van der Waals surface area contributed by atoms with E-state index < -0.39 is 28.2 Å². The van der Waals surface area contributed by atoms with Crippen molar-refractivity contribution in [1.29, 1.82) is 0 Å². The van der Waals surface area contributed by atoms with Crippen molar-refractivity contribution in [2.24, 2.45) is 7.05 Å². The van der Waals surface area contributed by atoms with Crippen LogP contribution < -0.4 is 10.0 Å². The maximum Gasteiger partial charge on any atom is 0.280 e. The minimum Gasteiger partial charge on any atom is -0.506 e. The molecule has 1 fully saturated rings. The Kier molecular flexibility index (Phi) is 5.17. The van der Waals surface area contributed by atoms with Crippen molar-refractivity contribution in [3.8, 4) is 5.75 Å². The van der Waals surface area contributed by atoms with Gasteiger partial charge in [-0.2, -0.15) is 22.5 Å². The summed E-state index contributed by atoms with van der Waals surface area (Å²) in [5.41, 5.74) is 1.50. The number of amides is 1. The van der Waals surface area contributed by atoms with Gasteiger partial charge in [-0.3, -0.25) is 9.48 Å². The highest BCUT2D eigenvalue weighted by Gasteiger charge is 2.41. The van der Waals surface area contributed by atoms with E-state index in [0.717, 1.165) is 4.31 Å². The predicted molar refractivity (Wildman–Crippen MR) is 101 cm³/mol. The van der Waals surface area contributed by atoms with Gasteiger partial charge in [-0.1, -0.05) is 11.6 Å². The lowest BCUT2D eigenvalue weighted by Gasteiger charge is -2.36. The average Bonchev–Trinajstić information content (AvgIpc) is 2.91. The Balaban J connectivity index is 1.89. The molecule has 146 valence electrons. The van der Waals surface area contributed by atoms with Crippen LogP contribution in [0.3, 0.4) is 0 Å². The number of likely N-dealkylation sites (N-methyl/N-ethyl adjacent to an activating group) is 1. The van der Waals surface area contributed by atoms with Crippen molar-refractivity contribution in [3.63, 3.8) is 0 Å². The Morgan fingerprint density at radius 2 is 2.11 bits per heavy atom. The molecule has 0 unspecified atom stereocenters. The molecule has 1 aliphatic heterocycles. The van der Waals surface area contributed by atoms with E-state index in [9.17, 15) is 18.3 Å². The molecule has 0 spiro atoms. The highest BCUT2D eigenvalue weighted by molar-refractivity contribution is 7.87. The SMILES string of the molecule is Cc1nn(C)cc1[C@@H]1C[C@H](C(=O)Nc2cc(Cl)ccc2O)N(C)S(=O)(=O)N1. The number of anilines is 1. The van der Waals surface area contributed by atoms with Gasteiger partial charge in [-0.25, -0.2) is 0 Å². The minimum atomic E-state index is -3.87. The smallest absolute Gasteiger partial charge is 0.280 e. The molecule has 11 heteroatoms. The van der Waals surface area contributed by atoms with Crippen LogP contribution in [0.5, 0.6) is 5.75 Å². The number of phenolic OH excluding ortho intramolecular Hbond substituents is 1. The molecule has 1 aromatic heterocycles. The van der Waals surface area contributed by atoms with Gasteiger partial charge < -0.3 is 10.4 Å². The fourth-order valence-corrected chi connectivity index (χ4v) is 4.54. The highest BCUT2D eigenvalue weighted by atomic mass is 35.5. The first-order chi connectivity index (χ1) is 12.6. The fraction of sp³-hybridized carbons (Fsp3) is 0.375. The number of aromatic hydroxyl groups is 1. The van der Waals surface area contributed by atoms with Gasteiger partial charge in [0.2, 0.25) is 5.91 Å². The second-order valence-electron chi connectivity index (χ2n) is 6.44. The molecule has 3 rings (SSSR count). The normalized spacial score (nSPS) is 22.5. The van der Waals surface area contributed by atoms with Gasteiger partial charge in [0.05, 0.1) is 17.4 Å². The monoisotopic (exact) mass is 413 g/mol. The summed E-state index contributed by atoms with van der Waals surface area (Å²) in [4.78, 5) is 12.8. The second kappa shape index (κ2) is 7.12. The maximum absolute atomic E-state index is 12.8. The van der Waals surface area contributed by atoms with Crippen LogP contribution in [0.2, 0.25) is 5.02 Å². The number of rotatable bonds is 3. The first-order valence-corrected chi connectivity index (χ1v) is 9.95. The summed E-state index contributed by atoms with van der Waals surface area (Å²) in [5, 5.41) is 17.0. The number of benzene rings is 1. The molecule has 1 aromatic carbocycles. The molecule has 1 amide bonds. The predicted octanol–water partition coefficient (Wildman–Crippen LogP) is 1.31. The minimum absolute atomic E-state index is 0.117. The lowest BCUT2D eigenvalue weighted by molar-refractivity contribution is -0.120. The van der Waals surface area contributed by atoms with Crippen LogP contribution in [0.4, 0.5) is 5.69 Å². The highest BCUT2D eigenvalue weighted by Crippen LogP contribution is 2.31. The summed E-state index contributed by atoms with van der Waals surface area (Å²) in [6.07, 6.45) is 1.93. The van der Waals surface area contributed by atoms with Crippen LogP contribution in [0.15, 0.2) is 24.4 Å². The number of aromatic nitrogens is 2. The molecular weight excluding hydrogens is 394 g/mol. The van der Waals surface area contributed by atoms with Crippen LogP contribution in [0, 0.1) is 6.92 Å². The van der Waals surface area contributed by atoms with Gasteiger partial charge >= 0.3 is 0 Å². The molecule has 3 N–H and O–H groups in total. The third-order valence-corrected chi connectivity index (χ3v) is 6.34. The quantitative estimate of drug-likeness (QED) is 0.656. The molecule has 0 aliphatic carbocycles. The fourth-order valence-electron chi connectivity index (χ4n) is 3.10. The van der Waals surface area contributed by atoms with Crippen molar-refractivity contribution in [2.75, 3.05) is 12.4 Å². The Morgan fingerprint density at radius 1 is 1.41 bits per heavy atom. The van der Waals surface area contributed by atoms with E-state index in [0.29, 0.717) is 16.3 Å². The molecule has 0 saturated carbocycles. The summed E-state index contributed by atoms with van der Waals surface area (Å²) in [6.45, 7) is 1.78. The van der Waals surface area contributed by atoms with E-state index in [1.807, 2.05) is 0 Å². The van der Waals surface area contributed by atoms with Gasteiger partial charge in [0.15, 0.2) is 0 Å². The Labute approximate surface area is 162 Å². The Bertz CT molecular complexity index is 991. The zero-order valence-corrected chi connectivity index (χ0v) is 16.5. The topological polar surface area (TPSA) is 117 Å². The first kappa shape index (κ1) is 19.6. The van der Waals surface area contributed by atoms with Gasteiger partial charge in [0, 0.05) is 30.9 Å². The zero-order valence-electron chi connectivity index (χ0n) is 15.0. The van der Waals surface area contributed by atoms with E-state index in [1.54, 1.807) is 24.9 Å². The number of phenols is 1. The molecule has 1 saturated heterocycles. The summed E-state index contributed by atoms with van der Waals surface area (Å²) in [6, 6.07) is 2.66. The van der Waals surface area contributed by atoms with E-state index in [-0.39, 0.29) is 17.9 Å². The number of carbonyl (C=O) groups excluding carboxylic acids is 1. The van der Waals surface area contributed by atoms with Crippen LogP contribution in [0.25, 0.3) is 0 Å². The number of nitrogens with zero attached hydrogens (tertiary/aromatic N) is 3. The van der Waals surface area contributed by atoms with Gasteiger partial charge in [0.25, 0.3) is 10.2 Å². The molecule has 9 nitrogen and oxygen atoms in total. The van der Waals surface area contributed by atoms with Crippen LogP contribution >= 0.6 is 11.6 Å². The van der Waals surface area contributed by atoms with Crippen molar-refractivity contribution < 1.29 is 18.3 Å². The van der Waals surface area contributed by atoms with E-state index >= 15 is 0 Å². The van der Waals surface area contributed by atoms with Gasteiger partial charge in [0.1, 0.15) is 11.8 Å². The van der Waals surface area contributed by atoms with Crippen LogP contribution in [0.1, 0.15) is 23.7 Å². The second-order valence-corrected chi connectivity index (χ2v) is 8.64. The number of nitrogens with one attached hydrogen (secondary N) is 2. The summed E-state index contributed by atoms with van der Waals surface area (Å²) in [7, 11) is -0.802. The Hall–Kier alpha value is -2.14. The molecule has 2 atom stereocenters. The number of carbonyl (C=O) groups is 1. The third kappa shape index (κ3) is 3.93. The standard InChI is InChI=1S/C16H20ClN5O4S/c1-9-11(8-21(2)19-9)12-7-14(22(3)27(25,26)20-12)16(24)18-13-6-10(17)4-5-15(13)23/h4-6,8,12,14,20,23H,7H2,1-3H3,(H,18,24)/t12-,14+/m0/s1. The van der Waals surface area contributed by atoms with Crippen LogP contribution in [-0.4, -0.2) is 46.6 Å². The van der Waals surface area contributed by atoms with E-state index in [1.165, 1.54) is 25.2 Å². The van der Waals surface area contributed by atoms with Crippen LogP contribution in [-0.2, 0) is 22.1 Å².